The first-order valence-electron chi connectivity index (χ1n) is 4.48. The van der Waals surface area contributed by atoms with Crippen molar-refractivity contribution in [3.05, 3.63) is 40.5 Å². The van der Waals surface area contributed by atoms with E-state index in [1.54, 1.807) is 11.8 Å². The van der Waals surface area contributed by atoms with Crippen LogP contribution in [0.3, 0.4) is 0 Å². The standard InChI is InChI=1S/C10H10BrN3S/c1-15-10-9(11)12-13-14(10)7-8-5-3-2-4-6-8/h2-6H,7H2,1H3. The summed E-state index contributed by atoms with van der Waals surface area (Å²) in [5.74, 6) is 0. The van der Waals surface area contributed by atoms with Gasteiger partial charge in [-0.15, -0.1) is 16.9 Å². The van der Waals surface area contributed by atoms with Crippen LogP contribution in [0.5, 0.6) is 0 Å². The van der Waals surface area contributed by atoms with Crippen molar-refractivity contribution in [3.8, 4) is 0 Å². The number of nitrogens with zero attached hydrogens (tertiary/aromatic N) is 3. The van der Waals surface area contributed by atoms with E-state index >= 15 is 0 Å². The first-order valence-corrected chi connectivity index (χ1v) is 6.50. The molecule has 0 unspecified atom stereocenters. The third-order valence-corrected chi connectivity index (χ3v) is 3.61. The van der Waals surface area contributed by atoms with Gasteiger partial charge in [-0.05, 0) is 27.7 Å². The lowest BCUT2D eigenvalue weighted by atomic mass is 10.2. The van der Waals surface area contributed by atoms with E-state index in [2.05, 4.69) is 38.4 Å². The number of rotatable bonds is 3. The molecule has 0 aliphatic carbocycles. The minimum Gasteiger partial charge on any atom is -0.233 e. The molecule has 1 aromatic carbocycles. The van der Waals surface area contributed by atoms with Gasteiger partial charge in [-0.1, -0.05) is 35.5 Å². The van der Waals surface area contributed by atoms with Crippen molar-refractivity contribution < 1.29 is 0 Å². The lowest BCUT2D eigenvalue weighted by molar-refractivity contribution is 0.604. The van der Waals surface area contributed by atoms with Crippen LogP contribution in [0.2, 0.25) is 0 Å². The highest BCUT2D eigenvalue weighted by Crippen LogP contribution is 2.23. The van der Waals surface area contributed by atoms with Gasteiger partial charge in [0, 0.05) is 0 Å². The summed E-state index contributed by atoms with van der Waals surface area (Å²) in [5.41, 5.74) is 1.23. The number of thioether (sulfide) groups is 1. The van der Waals surface area contributed by atoms with Crippen molar-refractivity contribution >= 4 is 27.7 Å². The zero-order chi connectivity index (χ0) is 10.7. The Bertz CT molecular complexity index is 441. The number of aromatic nitrogens is 3. The average Bonchev–Trinajstić information content (AvgIpc) is 2.61. The van der Waals surface area contributed by atoms with Crippen LogP contribution < -0.4 is 0 Å². The SMILES string of the molecule is CSc1c(Br)nnn1Cc1ccccc1. The maximum absolute atomic E-state index is 4.08. The van der Waals surface area contributed by atoms with Gasteiger partial charge in [0.05, 0.1) is 6.54 Å². The van der Waals surface area contributed by atoms with Gasteiger partial charge in [0.2, 0.25) is 0 Å². The Labute approximate surface area is 101 Å². The van der Waals surface area contributed by atoms with E-state index in [1.165, 1.54) is 5.56 Å². The molecule has 0 amide bonds. The van der Waals surface area contributed by atoms with Crippen LogP contribution in [0.25, 0.3) is 0 Å². The zero-order valence-corrected chi connectivity index (χ0v) is 10.6. The Balaban J connectivity index is 2.25. The van der Waals surface area contributed by atoms with Crippen LogP contribution in [0.1, 0.15) is 5.56 Å². The fraction of sp³-hybridized carbons (Fsp3) is 0.200. The first kappa shape index (κ1) is 10.7. The molecular weight excluding hydrogens is 274 g/mol. The summed E-state index contributed by atoms with van der Waals surface area (Å²) >= 11 is 5.01. The lowest BCUT2D eigenvalue weighted by Gasteiger charge is -2.03. The summed E-state index contributed by atoms with van der Waals surface area (Å²) in [6.07, 6.45) is 2.02. The van der Waals surface area contributed by atoms with Crippen molar-refractivity contribution in [2.75, 3.05) is 6.26 Å². The monoisotopic (exact) mass is 283 g/mol. The average molecular weight is 284 g/mol. The molecule has 3 nitrogen and oxygen atoms in total. The molecule has 15 heavy (non-hydrogen) atoms. The molecule has 2 aromatic rings. The van der Waals surface area contributed by atoms with Gasteiger partial charge in [0.15, 0.2) is 4.60 Å². The van der Waals surface area contributed by atoms with E-state index in [4.69, 9.17) is 0 Å². The lowest BCUT2D eigenvalue weighted by Crippen LogP contribution is -2.02. The number of halogens is 1. The van der Waals surface area contributed by atoms with Gasteiger partial charge in [-0.3, -0.25) is 0 Å². The minimum absolute atomic E-state index is 0.760. The molecule has 0 saturated heterocycles. The summed E-state index contributed by atoms with van der Waals surface area (Å²) in [5, 5.41) is 9.13. The van der Waals surface area contributed by atoms with E-state index in [0.717, 1.165) is 16.2 Å². The van der Waals surface area contributed by atoms with Gasteiger partial charge in [-0.2, -0.15) is 0 Å². The third kappa shape index (κ3) is 2.41. The maximum atomic E-state index is 4.08. The number of hydrogen-bond donors (Lipinski definition) is 0. The molecular formula is C10H10BrN3S. The molecule has 0 spiro atoms. The van der Waals surface area contributed by atoms with Crippen molar-refractivity contribution in [3.63, 3.8) is 0 Å². The van der Waals surface area contributed by atoms with Crippen LogP contribution in [-0.4, -0.2) is 21.2 Å². The van der Waals surface area contributed by atoms with E-state index < -0.39 is 0 Å². The van der Waals surface area contributed by atoms with E-state index in [9.17, 15) is 0 Å². The molecule has 0 aliphatic heterocycles. The molecule has 78 valence electrons. The molecule has 1 heterocycles. The molecule has 0 radical (unpaired) electrons. The van der Waals surface area contributed by atoms with Crippen molar-refractivity contribution in [2.24, 2.45) is 0 Å². The largest absolute Gasteiger partial charge is 0.233 e. The minimum atomic E-state index is 0.760. The topological polar surface area (TPSA) is 30.7 Å². The Morgan fingerprint density at radius 1 is 1.33 bits per heavy atom. The van der Waals surface area contributed by atoms with E-state index in [0.29, 0.717) is 0 Å². The Hall–Kier alpha value is -0.810. The van der Waals surface area contributed by atoms with Crippen molar-refractivity contribution in [1.82, 2.24) is 15.0 Å². The second-order valence-corrected chi connectivity index (χ2v) is 4.58. The summed E-state index contributed by atoms with van der Waals surface area (Å²) in [4.78, 5) is 0. The smallest absolute Gasteiger partial charge is 0.162 e. The third-order valence-electron chi connectivity index (χ3n) is 2.02. The summed E-state index contributed by atoms with van der Waals surface area (Å²) in [6, 6.07) is 10.2. The molecule has 1 aromatic heterocycles. The molecule has 0 atom stereocenters. The Morgan fingerprint density at radius 2 is 2.07 bits per heavy atom. The zero-order valence-electron chi connectivity index (χ0n) is 8.22. The van der Waals surface area contributed by atoms with Crippen LogP contribution in [-0.2, 0) is 6.54 Å². The molecule has 0 bridgehead atoms. The van der Waals surface area contributed by atoms with Crippen LogP contribution in [0.15, 0.2) is 40.0 Å². The van der Waals surface area contributed by atoms with Gasteiger partial charge in [0.25, 0.3) is 0 Å². The van der Waals surface area contributed by atoms with Crippen LogP contribution in [0, 0.1) is 0 Å². The second-order valence-electron chi connectivity index (χ2n) is 3.03. The number of benzene rings is 1. The normalized spacial score (nSPS) is 10.5. The quantitative estimate of drug-likeness (QED) is 0.812. The van der Waals surface area contributed by atoms with Crippen molar-refractivity contribution in [1.29, 1.82) is 0 Å². The van der Waals surface area contributed by atoms with Crippen LogP contribution in [0.4, 0.5) is 0 Å². The highest BCUT2D eigenvalue weighted by Gasteiger charge is 2.08. The predicted molar refractivity (Wildman–Crippen MR) is 65.0 cm³/mol. The van der Waals surface area contributed by atoms with Crippen LogP contribution >= 0.6 is 27.7 Å². The second kappa shape index (κ2) is 4.81. The van der Waals surface area contributed by atoms with E-state index in [1.807, 2.05) is 29.1 Å². The highest BCUT2D eigenvalue weighted by atomic mass is 79.9. The Morgan fingerprint density at radius 3 is 2.73 bits per heavy atom. The van der Waals surface area contributed by atoms with Gasteiger partial charge < -0.3 is 0 Å². The first-order chi connectivity index (χ1) is 7.31. The molecule has 2 rings (SSSR count). The Kier molecular flexibility index (Phi) is 3.43. The van der Waals surface area contributed by atoms with Gasteiger partial charge >= 0.3 is 0 Å². The summed E-state index contributed by atoms with van der Waals surface area (Å²) < 4.78 is 2.70. The predicted octanol–water partition coefficient (Wildman–Crippen LogP) is 2.81. The van der Waals surface area contributed by atoms with Crippen molar-refractivity contribution in [2.45, 2.75) is 11.6 Å². The fourth-order valence-electron chi connectivity index (χ4n) is 1.33. The molecule has 5 heteroatoms. The molecule has 0 N–H and O–H groups in total. The fourth-order valence-corrected chi connectivity index (χ4v) is 2.61. The van der Waals surface area contributed by atoms with E-state index in [-0.39, 0.29) is 0 Å². The van der Waals surface area contributed by atoms with Gasteiger partial charge in [0.1, 0.15) is 5.03 Å². The van der Waals surface area contributed by atoms with Gasteiger partial charge in [-0.25, -0.2) is 4.68 Å². The highest BCUT2D eigenvalue weighted by molar-refractivity contribution is 9.10. The molecule has 0 saturated carbocycles. The summed E-state index contributed by atoms with van der Waals surface area (Å²) in [6.45, 7) is 0.760. The summed E-state index contributed by atoms with van der Waals surface area (Å²) in [7, 11) is 0. The molecule has 0 aliphatic rings. The molecule has 0 fully saturated rings. The maximum Gasteiger partial charge on any atom is 0.162 e. The number of hydrogen-bond acceptors (Lipinski definition) is 3.